The third kappa shape index (κ3) is 9.05. The van der Waals surface area contributed by atoms with Gasteiger partial charge in [0.25, 0.3) is 0 Å². The minimum absolute atomic E-state index is 0.144. The lowest BCUT2D eigenvalue weighted by molar-refractivity contribution is 0.243. The molecule has 0 saturated carbocycles. The van der Waals surface area contributed by atoms with Gasteiger partial charge >= 0.3 is 0 Å². The third-order valence-electron chi connectivity index (χ3n) is 3.73. The first kappa shape index (κ1) is 24.4. The van der Waals surface area contributed by atoms with Crippen molar-refractivity contribution in [1.29, 1.82) is 0 Å². The van der Waals surface area contributed by atoms with Gasteiger partial charge in [0.15, 0.2) is 5.83 Å². The molecular formula is C22H27F3O2. The van der Waals surface area contributed by atoms with Crippen LogP contribution in [-0.2, 0) is 4.74 Å². The topological polar surface area (TPSA) is 29.5 Å². The number of halogens is 3. The molecule has 0 fully saturated rings. The summed E-state index contributed by atoms with van der Waals surface area (Å²) < 4.78 is 46.0. The maximum atomic E-state index is 14.1. The van der Waals surface area contributed by atoms with Crippen LogP contribution in [0.15, 0.2) is 72.5 Å². The molecule has 0 heterocycles. The van der Waals surface area contributed by atoms with Crippen LogP contribution in [0.4, 0.5) is 13.2 Å². The summed E-state index contributed by atoms with van der Waals surface area (Å²) >= 11 is 0. The quantitative estimate of drug-likeness (QED) is 0.257. The van der Waals surface area contributed by atoms with E-state index < -0.39 is 23.2 Å². The van der Waals surface area contributed by atoms with Crippen molar-refractivity contribution in [2.45, 2.75) is 33.6 Å². The molecule has 0 radical (unpaired) electrons. The van der Waals surface area contributed by atoms with Gasteiger partial charge in [0.1, 0.15) is 17.3 Å². The number of hydrogen-bond acceptors (Lipinski definition) is 2. The minimum Gasteiger partial charge on any atom is -0.505 e. The van der Waals surface area contributed by atoms with Gasteiger partial charge in [-0.2, -0.15) is 4.39 Å². The van der Waals surface area contributed by atoms with E-state index in [0.717, 1.165) is 0 Å². The first-order chi connectivity index (χ1) is 12.5. The Labute approximate surface area is 160 Å². The van der Waals surface area contributed by atoms with E-state index in [4.69, 9.17) is 9.84 Å². The number of aliphatic hydroxyl groups excluding tert-OH is 1. The fourth-order valence-electron chi connectivity index (χ4n) is 1.97. The van der Waals surface area contributed by atoms with E-state index >= 15 is 0 Å². The molecule has 1 N–H and O–H groups in total. The molecule has 0 spiro atoms. The summed E-state index contributed by atoms with van der Waals surface area (Å²) in [6, 6.07) is 0. The van der Waals surface area contributed by atoms with Crippen LogP contribution in [0.5, 0.6) is 0 Å². The van der Waals surface area contributed by atoms with Crippen molar-refractivity contribution in [3.8, 4) is 11.8 Å². The van der Waals surface area contributed by atoms with Crippen molar-refractivity contribution >= 4 is 0 Å². The smallest absolute Gasteiger partial charge is 0.200 e. The maximum Gasteiger partial charge on any atom is 0.200 e. The number of allylic oxidation sites excluding steroid dienone is 6. The second-order valence-electron chi connectivity index (χ2n) is 6.12. The summed E-state index contributed by atoms with van der Waals surface area (Å²) in [4.78, 5) is 0. The monoisotopic (exact) mass is 380 g/mol. The zero-order valence-corrected chi connectivity index (χ0v) is 16.2. The molecule has 0 aliphatic heterocycles. The molecule has 0 aromatic carbocycles. The van der Waals surface area contributed by atoms with E-state index in [9.17, 15) is 13.2 Å². The Morgan fingerprint density at radius 2 is 1.67 bits per heavy atom. The van der Waals surface area contributed by atoms with E-state index in [0.29, 0.717) is 25.0 Å². The van der Waals surface area contributed by atoms with Crippen LogP contribution in [-0.4, -0.2) is 11.7 Å². The highest BCUT2D eigenvalue weighted by Gasteiger charge is 2.14. The first-order valence-corrected chi connectivity index (χ1v) is 8.53. The van der Waals surface area contributed by atoms with Gasteiger partial charge in [0, 0.05) is 12.0 Å². The van der Waals surface area contributed by atoms with Gasteiger partial charge < -0.3 is 9.84 Å². The highest BCUT2D eigenvalue weighted by molar-refractivity contribution is 5.44. The van der Waals surface area contributed by atoms with E-state index in [2.05, 4.69) is 38.2 Å². The summed E-state index contributed by atoms with van der Waals surface area (Å²) in [7, 11) is 0. The van der Waals surface area contributed by atoms with E-state index in [1.54, 1.807) is 6.92 Å². The number of hydrogen-bond donors (Lipinski definition) is 1. The van der Waals surface area contributed by atoms with Gasteiger partial charge in [-0.05, 0) is 31.3 Å². The van der Waals surface area contributed by atoms with Crippen LogP contribution >= 0.6 is 0 Å². The van der Waals surface area contributed by atoms with E-state index in [1.165, 1.54) is 6.08 Å². The Bertz CT molecular complexity index is 718. The van der Waals surface area contributed by atoms with E-state index in [1.807, 2.05) is 13.8 Å². The molecule has 148 valence electrons. The molecule has 0 amide bonds. The summed E-state index contributed by atoms with van der Waals surface area (Å²) in [6.07, 6.45) is 2.40. The molecule has 0 aliphatic carbocycles. The molecule has 2 nitrogen and oxygen atoms in total. The Morgan fingerprint density at radius 1 is 1.07 bits per heavy atom. The molecule has 0 aromatic rings. The molecule has 5 heteroatoms. The summed E-state index contributed by atoms with van der Waals surface area (Å²) in [5.41, 5.74) is -0.0478. The Hall–Kier alpha value is -2.61. The van der Waals surface area contributed by atoms with Gasteiger partial charge in [0.05, 0.1) is 12.2 Å². The highest BCUT2D eigenvalue weighted by atomic mass is 19.2. The predicted molar refractivity (Wildman–Crippen MR) is 105 cm³/mol. The predicted octanol–water partition coefficient (Wildman–Crippen LogP) is 6.78. The second-order valence-corrected chi connectivity index (χ2v) is 6.12. The lowest BCUT2D eigenvalue weighted by Crippen LogP contribution is -2.03. The van der Waals surface area contributed by atoms with Gasteiger partial charge in [-0.25, -0.2) is 8.78 Å². The molecule has 27 heavy (non-hydrogen) atoms. The van der Waals surface area contributed by atoms with Crippen LogP contribution in [0.1, 0.15) is 33.6 Å². The van der Waals surface area contributed by atoms with Gasteiger partial charge in [-0.3, -0.25) is 0 Å². The number of ether oxygens (including phenoxy) is 1. The van der Waals surface area contributed by atoms with Gasteiger partial charge in [-0.1, -0.05) is 52.0 Å². The second kappa shape index (κ2) is 11.9. The first-order valence-electron chi connectivity index (χ1n) is 8.53. The van der Waals surface area contributed by atoms with Crippen LogP contribution < -0.4 is 0 Å². The van der Waals surface area contributed by atoms with Gasteiger partial charge in [-0.15, -0.1) is 0 Å². The lowest BCUT2D eigenvalue weighted by atomic mass is 9.92. The van der Waals surface area contributed by atoms with Gasteiger partial charge in [0.2, 0.25) is 5.83 Å². The van der Waals surface area contributed by atoms with Crippen LogP contribution in [0.25, 0.3) is 0 Å². The SMILES string of the molecule is C=C(/C=C(/F)C(=C)C(C)CCC(C)C#CC(=C)/C(F)=C(/F)C(=C)O)OCC. The van der Waals surface area contributed by atoms with E-state index in [-0.39, 0.29) is 23.2 Å². The zero-order valence-electron chi connectivity index (χ0n) is 16.2. The summed E-state index contributed by atoms with van der Waals surface area (Å²) in [5.74, 6) is 0.787. The standard InChI is InChI=1S/C22H27F3O2/c1-8-27-17(5)13-20(23)18(6)15(3)11-9-14(2)10-12-16(4)21(24)22(25)19(7)26/h13-15,26H,4-9,11H2,1-3H3/b20-13+,22-21-. The number of aliphatic hydroxyl groups is 1. The van der Waals surface area contributed by atoms with Crippen molar-refractivity contribution in [2.75, 3.05) is 6.61 Å². The summed E-state index contributed by atoms with van der Waals surface area (Å²) in [5, 5.41) is 8.83. The fraction of sp³-hybridized carbons (Fsp3) is 0.364. The fourth-order valence-corrected chi connectivity index (χ4v) is 1.97. The average molecular weight is 380 g/mol. The maximum absolute atomic E-state index is 14.1. The summed E-state index contributed by atoms with van der Waals surface area (Å²) in [6.45, 7) is 19.4. The third-order valence-corrected chi connectivity index (χ3v) is 3.73. The zero-order chi connectivity index (χ0) is 21.1. The van der Waals surface area contributed by atoms with Crippen molar-refractivity contribution < 1.29 is 23.0 Å². The normalized spacial score (nSPS) is 14.2. The van der Waals surface area contributed by atoms with Crippen molar-refractivity contribution in [3.05, 3.63) is 72.5 Å². The molecule has 0 aromatic heterocycles. The van der Waals surface area contributed by atoms with Crippen LogP contribution in [0.3, 0.4) is 0 Å². The average Bonchev–Trinajstić information content (AvgIpc) is 2.61. The molecule has 0 aliphatic rings. The molecule has 0 bridgehead atoms. The Kier molecular flexibility index (Phi) is 10.7. The highest BCUT2D eigenvalue weighted by Crippen LogP contribution is 2.26. The number of rotatable bonds is 10. The van der Waals surface area contributed by atoms with Crippen molar-refractivity contribution in [3.63, 3.8) is 0 Å². The largest absolute Gasteiger partial charge is 0.505 e. The molecule has 0 rings (SSSR count). The molecule has 2 unspecified atom stereocenters. The van der Waals surface area contributed by atoms with Crippen molar-refractivity contribution in [1.82, 2.24) is 0 Å². The molecule has 0 saturated heterocycles. The lowest BCUT2D eigenvalue weighted by Gasteiger charge is -2.14. The Balaban J connectivity index is 4.76. The molecular weight excluding hydrogens is 353 g/mol. The minimum atomic E-state index is -1.48. The van der Waals surface area contributed by atoms with Crippen LogP contribution in [0.2, 0.25) is 0 Å². The van der Waals surface area contributed by atoms with Crippen LogP contribution in [0, 0.1) is 23.7 Å². The Morgan fingerprint density at radius 3 is 2.19 bits per heavy atom. The van der Waals surface area contributed by atoms with Crippen molar-refractivity contribution in [2.24, 2.45) is 11.8 Å². The molecule has 2 atom stereocenters.